The van der Waals surface area contributed by atoms with Gasteiger partial charge < -0.3 is 4.90 Å². The molecule has 0 atom stereocenters. The van der Waals surface area contributed by atoms with Crippen LogP contribution >= 0.6 is 0 Å². The summed E-state index contributed by atoms with van der Waals surface area (Å²) in [6, 6.07) is 29.7. The minimum atomic E-state index is 0.330. The normalized spacial score (nSPS) is 13.3. The van der Waals surface area contributed by atoms with Gasteiger partial charge in [-0.25, -0.2) is 0 Å². The molecule has 0 aliphatic heterocycles. The van der Waals surface area contributed by atoms with E-state index in [1.54, 1.807) is 0 Å². The molecule has 3 aromatic rings. The standard InChI is InChI=1S/C23H19N/c1-3-13-20(14-4-1)24(21-15-5-2-6-16-21)23-18-10-9-17-22(23)19-11-7-8-12-19/h1-19H. The largest absolute Gasteiger partial charge is 0.310 e. The van der Waals surface area contributed by atoms with Gasteiger partial charge in [-0.15, -0.1) is 0 Å². The van der Waals surface area contributed by atoms with Crippen molar-refractivity contribution in [2.45, 2.75) is 5.92 Å². The van der Waals surface area contributed by atoms with Gasteiger partial charge in [-0.2, -0.15) is 0 Å². The number of benzene rings is 3. The number of hydrogen-bond donors (Lipinski definition) is 0. The molecule has 24 heavy (non-hydrogen) atoms. The van der Waals surface area contributed by atoms with E-state index in [4.69, 9.17) is 0 Å². The molecular weight excluding hydrogens is 290 g/mol. The third-order valence-electron chi connectivity index (χ3n) is 4.31. The maximum absolute atomic E-state index is 2.33. The molecule has 3 aromatic carbocycles. The lowest BCUT2D eigenvalue weighted by Crippen LogP contribution is -2.12. The molecule has 0 aromatic heterocycles. The first-order valence-electron chi connectivity index (χ1n) is 8.27. The van der Waals surface area contributed by atoms with Crippen LogP contribution in [-0.4, -0.2) is 0 Å². The third-order valence-corrected chi connectivity index (χ3v) is 4.31. The average molecular weight is 309 g/mol. The number of allylic oxidation sites excluding steroid dienone is 4. The van der Waals surface area contributed by atoms with Gasteiger partial charge in [0.25, 0.3) is 0 Å². The van der Waals surface area contributed by atoms with Crippen LogP contribution in [0, 0.1) is 0 Å². The molecule has 0 N–H and O–H groups in total. The van der Waals surface area contributed by atoms with Crippen LogP contribution < -0.4 is 4.90 Å². The van der Waals surface area contributed by atoms with E-state index in [0.29, 0.717) is 5.92 Å². The molecule has 0 spiro atoms. The van der Waals surface area contributed by atoms with E-state index in [1.807, 2.05) is 0 Å². The van der Waals surface area contributed by atoms with Crippen molar-refractivity contribution in [3.05, 3.63) is 115 Å². The van der Waals surface area contributed by atoms with Crippen molar-refractivity contribution in [2.24, 2.45) is 0 Å². The summed E-state index contributed by atoms with van der Waals surface area (Å²) in [4.78, 5) is 2.33. The number of nitrogens with zero attached hydrogens (tertiary/aromatic N) is 1. The number of para-hydroxylation sites is 3. The molecule has 0 unspecified atom stereocenters. The molecular formula is C23H19N. The van der Waals surface area contributed by atoms with Crippen molar-refractivity contribution in [3.8, 4) is 0 Å². The molecule has 116 valence electrons. The molecule has 0 amide bonds. The fourth-order valence-corrected chi connectivity index (χ4v) is 3.19. The van der Waals surface area contributed by atoms with Crippen LogP contribution in [0.1, 0.15) is 11.5 Å². The van der Waals surface area contributed by atoms with E-state index in [-0.39, 0.29) is 0 Å². The molecule has 0 radical (unpaired) electrons. The highest BCUT2D eigenvalue weighted by Gasteiger charge is 2.18. The molecule has 0 saturated carbocycles. The second-order valence-electron chi connectivity index (χ2n) is 5.86. The smallest absolute Gasteiger partial charge is 0.0502 e. The predicted octanol–water partition coefficient (Wildman–Crippen LogP) is 6.37. The topological polar surface area (TPSA) is 3.24 Å². The average Bonchev–Trinajstić information content (AvgIpc) is 3.19. The van der Waals surface area contributed by atoms with Gasteiger partial charge in [0.05, 0.1) is 5.69 Å². The van der Waals surface area contributed by atoms with Gasteiger partial charge in [0.15, 0.2) is 0 Å². The van der Waals surface area contributed by atoms with Crippen molar-refractivity contribution < 1.29 is 0 Å². The van der Waals surface area contributed by atoms with E-state index in [1.165, 1.54) is 22.6 Å². The van der Waals surface area contributed by atoms with Crippen LogP contribution in [0.15, 0.2) is 109 Å². The fourth-order valence-electron chi connectivity index (χ4n) is 3.19. The van der Waals surface area contributed by atoms with Gasteiger partial charge in [0.1, 0.15) is 0 Å². The van der Waals surface area contributed by atoms with Crippen LogP contribution in [0.4, 0.5) is 17.1 Å². The Balaban J connectivity index is 1.89. The Kier molecular flexibility index (Phi) is 3.99. The molecule has 1 nitrogen and oxygen atoms in total. The molecule has 4 rings (SSSR count). The predicted molar refractivity (Wildman–Crippen MR) is 102 cm³/mol. The zero-order valence-electron chi connectivity index (χ0n) is 13.4. The quantitative estimate of drug-likeness (QED) is 0.541. The Morgan fingerprint density at radius 2 is 1.04 bits per heavy atom. The zero-order valence-corrected chi connectivity index (χ0v) is 13.4. The maximum atomic E-state index is 2.33. The highest BCUT2D eigenvalue weighted by atomic mass is 15.1. The van der Waals surface area contributed by atoms with E-state index in [9.17, 15) is 0 Å². The molecule has 0 fully saturated rings. The Hall–Kier alpha value is -3.06. The molecule has 1 heteroatoms. The van der Waals surface area contributed by atoms with Gasteiger partial charge in [0, 0.05) is 17.3 Å². The van der Waals surface area contributed by atoms with Gasteiger partial charge >= 0.3 is 0 Å². The molecule has 1 aliphatic carbocycles. The summed E-state index contributed by atoms with van der Waals surface area (Å²) in [5.41, 5.74) is 4.87. The summed E-state index contributed by atoms with van der Waals surface area (Å²) in [6.45, 7) is 0. The number of anilines is 3. The minimum Gasteiger partial charge on any atom is -0.310 e. The summed E-state index contributed by atoms with van der Waals surface area (Å²) in [7, 11) is 0. The monoisotopic (exact) mass is 309 g/mol. The Morgan fingerprint density at radius 3 is 1.62 bits per heavy atom. The number of rotatable bonds is 4. The Labute approximate surface area is 143 Å². The van der Waals surface area contributed by atoms with Crippen molar-refractivity contribution in [2.75, 3.05) is 4.90 Å². The van der Waals surface area contributed by atoms with Crippen molar-refractivity contribution in [3.63, 3.8) is 0 Å². The van der Waals surface area contributed by atoms with Gasteiger partial charge in [0.2, 0.25) is 0 Å². The van der Waals surface area contributed by atoms with E-state index >= 15 is 0 Å². The first kappa shape index (κ1) is 14.5. The zero-order chi connectivity index (χ0) is 16.2. The molecule has 0 bridgehead atoms. The molecule has 1 aliphatic rings. The summed E-state index contributed by atoms with van der Waals surface area (Å²) < 4.78 is 0. The summed E-state index contributed by atoms with van der Waals surface area (Å²) in [5, 5.41) is 0. The fraction of sp³-hybridized carbons (Fsp3) is 0.0435. The van der Waals surface area contributed by atoms with Gasteiger partial charge in [-0.1, -0.05) is 78.9 Å². The molecule has 0 heterocycles. The van der Waals surface area contributed by atoms with E-state index in [0.717, 1.165) is 0 Å². The van der Waals surface area contributed by atoms with Crippen molar-refractivity contribution in [1.82, 2.24) is 0 Å². The first-order chi connectivity index (χ1) is 11.9. The lowest BCUT2D eigenvalue weighted by molar-refractivity contribution is 1.08. The minimum absolute atomic E-state index is 0.330. The summed E-state index contributed by atoms with van der Waals surface area (Å²) in [6.07, 6.45) is 8.73. The summed E-state index contributed by atoms with van der Waals surface area (Å²) in [5.74, 6) is 0.330. The van der Waals surface area contributed by atoms with Crippen LogP contribution in [-0.2, 0) is 0 Å². The van der Waals surface area contributed by atoms with Crippen LogP contribution in [0.2, 0.25) is 0 Å². The van der Waals surface area contributed by atoms with Gasteiger partial charge in [-0.05, 0) is 35.9 Å². The van der Waals surface area contributed by atoms with Crippen molar-refractivity contribution in [1.29, 1.82) is 0 Å². The second kappa shape index (κ2) is 6.59. The SMILES string of the molecule is C1=CC(c2ccccc2N(c2ccccc2)c2ccccc2)C=C1. The van der Waals surface area contributed by atoms with E-state index in [2.05, 4.69) is 114 Å². The Bertz CT molecular complexity index is 811. The van der Waals surface area contributed by atoms with Crippen LogP contribution in [0.5, 0.6) is 0 Å². The highest BCUT2D eigenvalue weighted by molar-refractivity contribution is 5.79. The lowest BCUT2D eigenvalue weighted by Gasteiger charge is -2.28. The van der Waals surface area contributed by atoms with Crippen LogP contribution in [0.3, 0.4) is 0 Å². The Morgan fingerprint density at radius 1 is 0.542 bits per heavy atom. The number of hydrogen-bond acceptors (Lipinski definition) is 1. The second-order valence-corrected chi connectivity index (χ2v) is 5.86. The highest BCUT2D eigenvalue weighted by Crippen LogP contribution is 2.40. The summed E-state index contributed by atoms with van der Waals surface area (Å²) >= 11 is 0. The first-order valence-corrected chi connectivity index (χ1v) is 8.27. The van der Waals surface area contributed by atoms with Gasteiger partial charge in [-0.3, -0.25) is 0 Å². The molecule has 0 saturated heterocycles. The third kappa shape index (κ3) is 2.77. The van der Waals surface area contributed by atoms with Crippen LogP contribution in [0.25, 0.3) is 0 Å². The maximum Gasteiger partial charge on any atom is 0.0502 e. The van der Waals surface area contributed by atoms with E-state index < -0.39 is 0 Å². The van der Waals surface area contributed by atoms with Crippen molar-refractivity contribution >= 4 is 17.1 Å². The lowest BCUT2D eigenvalue weighted by atomic mass is 9.97.